The number of nitrogens with zero attached hydrogens (tertiary/aromatic N) is 1. The van der Waals surface area contributed by atoms with Crippen molar-refractivity contribution >= 4 is 27.6 Å². The summed E-state index contributed by atoms with van der Waals surface area (Å²) in [5, 5.41) is 8.81. The highest BCUT2D eigenvalue weighted by atomic mass is 79.9. The molecule has 0 heterocycles. The molecule has 0 amide bonds. The lowest BCUT2D eigenvalue weighted by atomic mass is 10.2. The van der Waals surface area contributed by atoms with Crippen LogP contribution >= 0.6 is 15.9 Å². The molecule has 0 aliphatic rings. The SMILES string of the molecule is CCCN(C)c1ccc(C(=O)O)c(Br)c1F. The number of carbonyl (C=O) groups is 1. The van der Waals surface area contributed by atoms with Crippen molar-refractivity contribution in [3.63, 3.8) is 0 Å². The monoisotopic (exact) mass is 289 g/mol. The molecule has 88 valence electrons. The predicted octanol–water partition coefficient (Wildman–Crippen LogP) is 3.13. The Morgan fingerprint density at radius 2 is 2.19 bits per heavy atom. The molecule has 1 rings (SSSR count). The van der Waals surface area contributed by atoms with Gasteiger partial charge in [0.25, 0.3) is 0 Å². The van der Waals surface area contributed by atoms with E-state index in [1.807, 2.05) is 6.92 Å². The fraction of sp³-hybridized carbons (Fsp3) is 0.364. The number of carboxylic acid groups (broad SMARTS) is 1. The van der Waals surface area contributed by atoms with Gasteiger partial charge >= 0.3 is 5.97 Å². The molecule has 1 aromatic rings. The minimum absolute atomic E-state index is 0.000420. The standard InChI is InChI=1S/C11H13BrFNO2/c1-3-6-14(2)8-5-4-7(11(15)16)9(12)10(8)13/h4-5H,3,6H2,1-2H3,(H,15,16). The summed E-state index contributed by atoms with van der Waals surface area (Å²) in [7, 11) is 1.77. The van der Waals surface area contributed by atoms with E-state index in [-0.39, 0.29) is 10.0 Å². The molecular formula is C11H13BrFNO2. The zero-order valence-corrected chi connectivity index (χ0v) is 10.7. The summed E-state index contributed by atoms with van der Waals surface area (Å²) in [4.78, 5) is 12.5. The number of halogens is 2. The van der Waals surface area contributed by atoms with E-state index in [1.54, 1.807) is 11.9 Å². The first-order valence-electron chi connectivity index (χ1n) is 4.91. The fourth-order valence-corrected chi connectivity index (χ4v) is 1.96. The molecule has 5 heteroatoms. The Bertz CT molecular complexity index is 409. The molecule has 0 aliphatic heterocycles. The van der Waals surface area contributed by atoms with Gasteiger partial charge in [0.15, 0.2) is 5.82 Å². The van der Waals surface area contributed by atoms with E-state index in [9.17, 15) is 9.18 Å². The first kappa shape index (κ1) is 13.0. The summed E-state index contributed by atoms with van der Waals surface area (Å²) in [5.41, 5.74) is 0.338. The lowest BCUT2D eigenvalue weighted by Gasteiger charge is -2.20. The summed E-state index contributed by atoms with van der Waals surface area (Å²) in [6.45, 7) is 2.71. The molecule has 0 bridgehead atoms. The van der Waals surface area contributed by atoms with E-state index in [2.05, 4.69) is 15.9 Å². The number of hydrogen-bond acceptors (Lipinski definition) is 2. The molecule has 0 atom stereocenters. The van der Waals surface area contributed by atoms with Gasteiger partial charge in [0.05, 0.1) is 15.7 Å². The quantitative estimate of drug-likeness (QED) is 0.926. The average molecular weight is 290 g/mol. The van der Waals surface area contributed by atoms with Gasteiger partial charge in [-0.05, 0) is 34.5 Å². The van der Waals surface area contributed by atoms with Crippen LogP contribution in [0.4, 0.5) is 10.1 Å². The second kappa shape index (κ2) is 5.30. The van der Waals surface area contributed by atoms with Crippen LogP contribution in [-0.4, -0.2) is 24.7 Å². The van der Waals surface area contributed by atoms with Gasteiger partial charge in [-0.3, -0.25) is 0 Å². The molecule has 1 aromatic carbocycles. The van der Waals surface area contributed by atoms with Gasteiger partial charge < -0.3 is 10.0 Å². The van der Waals surface area contributed by atoms with Crippen LogP contribution < -0.4 is 4.90 Å². The molecule has 0 unspecified atom stereocenters. The molecule has 3 nitrogen and oxygen atoms in total. The normalized spacial score (nSPS) is 10.2. The Labute approximate surface area is 102 Å². The topological polar surface area (TPSA) is 40.5 Å². The Morgan fingerprint density at radius 3 is 2.69 bits per heavy atom. The summed E-state index contributed by atoms with van der Waals surface area (Å²) in [6.07, 6.45) is 0.897. The van der Waals surface area contributed by atoms with Crippen molar-refractivity contribution in [1.29, 1.82) is 0 Å². The lowest BCUT2D eigenvalue weighted by Crippen LogP contribution is -2.19. The third-order valence-electron chi connectivity index (χ3n) is 2.26. The highest BCUT2D eigenvalue weighted by molar-refractivity contribution is 9.10. The van der Waals surface area contributed by atoms with Crippen molar-refractivity contribution in [2.75, 3.05) is 18.5 Å². The predicted molar refractivity (Wildman–Crippen MR) is 64.6 cm³/mol. The number of benzene rings is 1. The maximum atomic E-state index is 13.8. The number of rotatable bonds is 4. The van der Waals surface area contributed by atoms with Crippen molar-refractivity contribution in [3.05, 3.63) is 28.0 Å². The van der Waals surface area contributed by atoms with Gasteiger partial charge in [0.1, 0.15) is 0 Å². The van der Waals surface area contributed by atoms with Gasteiger partial charge in [-0.1, -0.05) is 6.92 Å². The largest absolute Gasteiger partial charge is 0.478 e. The molecule has 0 aliphatic carbocycles. The van der Waals surface area contributed by atoms with Crippen LogP contribution in [0.2, 0.25) is 0 Å². The van der Waals surface area contributed by atoms with Gasteiger partial charge in [-0.2, -0.15) is 0 Å². The molecule has 16 heavy (non-hydrogen) atoms. The summed E-state index contributed by atoms with van der Waals surface area (Å²) in [6, 6.07) is 2.89. The highest BCUT2D eigenvalue weighted by Crippen LogP contribution is 2.29. The number of carboxylic acids is 1. The van der Waals surface area contributed by atoms with Gasteiger partial charge in [0, 0.05) is 13.6 Å². The van der Waals surface area contributed by atoms with E-state index in [0.29, 0.717) is 5.69 Å². The number of aromatic carboxylic acids is 1. The van der Waals surface area contributed by atoms with E-state index in [0.717, 1.165) is 13.0 Å². The van der Waals surface area contributed by atoms with Crippen molar-refractivity contribution < 1.29 is 14.3 Å². The fourth-order valence-electron chi connectivity index (χ4n) is 1.46. The van der Waals surface area contributed by atoms with Crippen LogP contribution in [0.3, 0.4) is 0 Å². The summed E-state index contributed by atoms with van der Waals surface area (Å²) >= 11 is 2.97. The van der Waals surface area contributed by atoms with E-state index < -0.39 is 11.8 Å². The summed E-state index contributed by atoms with van der Waals surface area (Å²) < 4.78 is 13.8. The molecule has 0 aromatic heterocycles. The molecule has 0 spiro atoms. The third kappa shape index (κ3) is 2.52. The van der Waals surface area contributed by atoms with Gasteiger partial charge in [-0.15, -0.1) is 0 Å². The molecule has 0 saturated carbocycles. The van der Waals surface area contributed by atoms with Crippen molar-refractivity contribution in [2.45, 2.75) is 13.3 Å². The number of anilines is 1. The highest BCUT2D eigenvalue weighted by Gasteiger charge is 2.17. The Kier molecular flexibility index (Phi) is 4.29. The van der Waals surface area contributed by atoms with Crippen molar-refractivity contribution in [2.24, 2.45) is 0 Å². The zero-order chi connectivity index (χ0) is 12.3. The molecule has 0 fully saturated rings. The van der Waals surface area contributed by atoms with Crippen LogP contribution in [0.5, 0.6) is 0 Å². The van der Waals surface area contributed by atoms with E-state index in [1.165, 1.54) is 12.1 Å². The first-order chi connectivity index (χ1) is 7.49. The second-order valence-electron chi connectivity index (χ2n) is 3.49. The van der Waals surface area contributed by atoms with Crippen LogP contribution in [0.1, 0.15) is 23.7 Å². The molecular weight excluding hydrogens is 277 g/mol. The lowest BCUT2D eigenvalue weighted by molar-refractivity contribution is 0.0695. The molecule has 0 radical (unpaired) electrons. The van der Waals surface area contributed by atoms with Crippen LogP contribution in [0, 0.1) is 5.82 Å². The maximum absolute atomic E-state index is 13.8. The minimum atomic E-state index is -1.14. The van der Waals surface area contributed by atoms with Crippen molar-refractivity contribution in [1.82, 2.24) is 0 Å². The van der Waals surface area contributed by atoms with E-state index in [4.69, 9.17) is 5.11 Å². The van der Waals surface area contributed by atoms with Crippen LogP contribution in [0.25, 0.3) is 0 Å². The third-order valence-corrected chi connectivity index (χ3v) is 3.04. The second-order valence-corrected chi connectivity index (χ2v) is 4.28. The Hall–Kier alpha value is -1.10. The van der Waals surface area contributed by atoms with Crippen LogP contribution in [0.15, 0.2) is 16.6 Å². The zero-order valence-electron chi connectivity index (χ0n) is 9.13. The van der Waals surface area contributed by atoms with E-state index >= 15 is 0 Å². The average Bonchev–Trinajstić information content (AvgIpc) is 2.21. The maximum Gasteiger partial charge on any atom is 0.336 e. The van der Waals surface area contributed by atoms with Gasteiger partial charge in [0.2, 0.25) is 0 Å². The Morgan fingerprint density at radius 1 is 1.56 bits per heavy atom. The number of hydrogen-bond donors (Lipinski definition) is 1. The first-order valence-corrected chi connectivity index (χ1v) is 5.70. The Balaban J connectivity index is 3.16. The smallest absolute Gasteiger partial charge is 0.336 e. The minimum Gasteiger partial charge on any atom is -0.478 e. The molecule has 1 N–H and O–H groups in total. The van der Waals surface area contributed by atoms with Crippen molar-refractivity contribution in [3.8, 4) is 0 Å². The van der Waals surface area contributed by atoms with Gasteiger partial charge in [-0.25, -0.2) is 9.18 Å². The van der Waals surface area contributed by atoms with Crippen LogP contribution in [-0.2, 0) is 0 Å². The summed E-state index contributed by atoms with van der Waals surface area (Å²) in [5.74, 6) is -1.67. The molecule has 0 saturated heterocycles.